The summed E-state index contributed by atoms with van der Waals surface area (Å²) in [7, 11) is 0. The molecule has 3 N–H and O–H groups in total. The fraction of sp³-hybridized carbons (Fsp3) is 0.0952. The molecule has 0 aliphatic heterocycles. The van der Waals surface area contributed by atoms with Crippen molar-refractivity contribution in [3.63, 3.8) is 0 Å². The molecule has 0 aliphatic rings. The normalized spacial score (nSPS) is 13.0. The van der Waals surface area contributed by atoms with Crippen molar-refractivity contribution in [2.75, 3.05) is 0 Å². The van der Waals surface area contributed by atoms with E-state index >= 15 is 0 Å². The maximum Gasteiger partial charge on any atom is 0.345 e. The third-order valence-corrected chi connectivity index (χ3v) is 3.93. The van der Waals surface area contributed by atoms with Crippen LogP contribution in [0.1, 0.15) is 28.8 Å². The monoisotopic (exact) mass is 333 g/mol. The average molecular weight is 333 g/mol. The van der Waals surface area contributed by atoms with Crippen LogP contribution in [0.4, 0.5) is 0 Å². The molecule has 25 heavy (non-hydrogen) atoms. The van der Waals surface area contributed by atoms with Gasteiger partial charge in [-0.05, 0) is 28.8 Å². The molecular weight excluding hydrogens is 314 g/mol. The van der Waals surface area contributed by atoms with E-state index in [2.05, 4.69) is 0 Å². The van der Waals surface area contributed by atoms with E-state index in [9.17, 15) is 9.90 Å². The Morgan fingerprint density at radius 2 is 1.36 bits per heavy atom. The fourth-order valence-corrected chi connectivity index (χ4v) is 2.57. The number of hydrogen-bond acceptors (Lipinski definition) is 4. The number of carbonyl (C=O) groups excluding carboxylic acids is 1. The lowest BCUT2D eigenvalue weighted by Crippen LogP contribution is -2.18. The van der Waals surface area contributed by atoms with Crippen LogP contribution >= 0.6 is 0 Å². The zero-order valence-electron chi connectivity index (χ0n) is 13.6. The molecule has 4 nitrogen and oxygen atoms in total. The standard InChI is InChI=1S/C21H19NO3/c22-19(15-8-3-1-4-9-15)17-12-7-13-18(14-17)25-21(24)20(23)16-10-5-2-6-11-16/h1-14,19-20,23H,22H2. The van der Waals surface area contributed by atoms with Crippen LogP contribution in [-0.4, -0.2) is 11.1 Å². The second kappa shape index (κ2) is 7.75. The molecule has 0 spiro atoms. The van der Waals surface area contributed by atoms with Gasteiger partial charge in [0.2, 0.25) is 0 Å². The molecule has 0 aromatic heterocycles. The lowest BCUT2D eigenvalue weighted by Gasteiger charge is -2.15. The summed E-state index contributed by atoms with van der Waals surface area (Å²) in [6, 6.07) is 25.1. The molecule has 0 amide bonds. The number of rotatable bonds is 5. The van der Waals surface area contributed by atoms with Gasteiger partial charge in [-0.15, -0.1) is 0 Å². The Labute approximate surface area is 146 Å². The lowest BCUT2D eigenvalue weighted by atomic mass is 9.99. The first-order chi connectivity index (χ1) is 12.1. The Balaban J connectivity index is 1.75. The highest BCUT2D eigenvalue weighted by Crippen LogP contribution is 2.24. The molecule has 0 radical (unpaired) electrons. The van der Waals surface area contributed by atoms with Gasteiger partial charge >= 0.3 is 5.97 Å². The van der Waals surface area contributed by atoms with E-state index in [1.54, 1.807) is 42.5 Å². The number of nitrogens with two attached hydrogens (primary N) is 1. The van der Waals surface area contributed by atoms with Gasteiger partial charge in [-0.3, -0.25) is 0 Å². The molecule has 4 heteroatoms. The van der Waals surface area contributed by atoms with Crippen molar-refractivity contribution < 1.29 is 14.6 Å². The zero-order valence-corrected chi connectivity index (χ0v) is 13.6. The maximum atomic E-state index is 12.2. The van der Waals surface area contributed by atoms with Gasteiger partial charge < -0.3 is 15.6 Å². The van der Waals surface area contributed by atoms with Crippen molar-refractivity contribution in [1.82, 2.24) is 0 Å². The Morgan fingerprint density at radius 3 is 2.00 bits per heavy atom. The number of hydrogen-bond donors (Lipinski definition) is 2. The summed E-state index contributed by atoms with van der Waals surface area (Å²) in [4.78, 5) is 12.2. The molecular formula is C21H19NO3. The number of esters is 1. The number of aliphatic hydroxyl groups excluding tert-OH is 1. The largest absolute Gasteiger partial charge is 0.424 e. The Bertz CT molecular complexity index is 834. The number of carbonyl (C=O) groups is 1. The van der Waals surface area contributed by atoms with Crippen LogP contribution < -0.4 is 10.5 Å². The maximum absolute atomic E-state index is 12.2. The van der Waals surface area contributed by atoms with Crippen LogP contribution in [-0.2, 0) is 4.79 Å². The Hall–Kier alpha value is -2.95. The quantitative estimate of drug-likeness (QED) is 0.555. The summed E-state index contributed by atoms with van der Waals surface area (Å²) in [6.07, 6.45) is -1.33. The molecule has 0 bridgehead atoms. The van der Waals surface area contributed by atoms with Crippen molar-refractivity contribution in [3.8, 4) is 5.75 Å². The first kappa shape index (κ1) is 16.9. The minimum absolute atomic E-state index is 0.320. The van der Waals surface area contributed by atoms with Crippen LogP contribution in [0.2, 0.25) is 0 Å². The van der Waals surface area contributed by atoms with E-state index in [0.29, 0.717) is 11.3 Å². The van der Waals surface area contributed by atoms with Crippen molar-refractivity contribution in [1.29, 1.82) is 0 Å². The van der Waals surface area contributed by atoms with Gasteiger partial charge in [-0.2, -0.15) is 0 Å². The highest BCUT2D eigenvalue weighted by atomic mass is 16.5. The fourth-order valence-electron chi connectivity index (χ4n) is 2.57. The SMILES string of the molecule is NC(c1ccccc1)c1cccc(OC(=O)C(O)c2ccccc2)c1. The van der Waals surface area contributed by atoms with Crippen LogP contribution in [0, 0.1) is 0 Å². The molecule has 2 unspecified atom stereocenters. The van der Waals surface area contributed by atoms with Crippen LogP contribution in [0.15, 0.2) is 84.9 Å². The minimum atomic E-state index is -1.33. The highest BCUT2D eigenvalue weighted by Gasteiger charge is 2.20. The van der Waals surface area contributed by atoms with Gasteiger partial charge in [0.1, 0.15) is 5.75 Å². The molecule has 3 aromatic rings. The van der Waals surface area contributed by atoms with E-state index < -0.39 is 12.1 Å². The van der Waals surface area contributed by atoms with E-state index in [0.717, 1.165) is 11.1 Å². The van der Waals surface area contributed by atoms with Crippen LogP contribution in [0.5, 0.6) is 5.75 Å². The topological polar surface area (TPSA) is 72.5 Å². The van der Waals surface area contributed by atoms with Gasteiger partial charge in [0.05, 0.1) is 6.04 Å². The predicted molar refractivity (Wildman–Crippen MR) is 96.0 cm³/mol. The molecule has 0 aliphatic carbocycles. The molecule has 126 valence electrons. The van der Waals surface area contributed by atoms with Crippen molar-refractivity contribution in [2.45, 2.75) is 12.1 Å². The highest BCUT2D eigenvalue weighted by molar-refractivity contribution is 5.78. The lowest BCUT2D eigenvalue weighted by molar-refractivity contribution is -0.144. The molecule has 2 atom stereocenters. The average Bonchev–Trinajstić information content (AvgIpc) is 2.68. The van der Waals surface area contributed by atoms with Gasteiger partial charge in [-0.25, -0.2) is 4.79 Å². The smallest absolute Gasteiger partial charge is 0.345 e. The van der Waals surface area contributed by atoms with Gasteiger partial charge in [-0.1, -0.05) is 72.8 Å². The first-order valence-corrected chi connectivity index (χ1v) is 8.00. The van der Waals surface area contributed by atoms with E-state index in [4.69, 9.17) is 10.5 Å². The molecule has 0 fully saturated rings. The second-order valence-corrected chi connectivity index (χ2v) is 5.70. The van der Waals surface area contributed by atoms with E-state index in [1.165, 1.54) is 0 Å². The van der Waals surface area contributed by atoms with Gasteiger partial charge in [0, 0.05) is 0 Å². The van der Waals surface area contributed by atoms with Crippen molar-refractivity contribution >= 4 is 5.97 Å². The van der Waals surface area contributed by atoms with E-state index in [-0.39, 0.29) is 6.04 Å². The summed E-state index contributed by atoms with van der Waals surface area (Å²) in [5, 5.41) is 10.1. The summed E-state index contributed by atoms with van der Waals surface area (Å²) in [6.45, 7) is 0. The van der Waals surface area contributed by atoms with Gasteiger partial charge in [0.25, 0.3) is 0 Å². The molecule has 3 aromatic carbocycles. The Kier molecular flexibility index (Phi) is 5.23. The number of benzene rings is 3. The first-order valence-electron chi connectivity index (χ1n) is 8.00. The van der Waals surface area contributed by atoms with Gasteiger partial charge in [0.15, 0.2) is 6.10 Å². The molecule has 3 rings (SSSR count). The molecule has 0 saturated carbocycles. The number of ether oxygens (including phenoxy) is 1. The van der Waals surface area contributed by atoms with Crippen molar-refractivity contribution in [2.24, 2.45) is 5.73 Å². The summed E-state index contributed by atoms with van der Waals surface area (Å²) in [5.74, 6) is -0.375. The zero-order chi connectivity index (χ0) is 17.6. The molecule has 0 saturated heterocycles. The minimum Gasteiger partial charge on any atom is -0.424 e. The second-order valence-electron chi connectivity index (χ2n) is 5.70. The predicted octanol–water partition coefficient (Wildman–Crippen LogP) is 3.37. The van der Waals surface area contributed by atoms with Crippen molar-refractivity contribution in [3.05, 3.63) is 102 Å². The summed E-state index contributed by atoms with van der Waals surface area (Å²) < 4.78 is 5.31. The summed E-state index contributed by atoms with van der Waals surface area (Å²) >= 11 is 0. The summed E-state index contributed by atoms with van der Waals surface area (Å²) in [5.41, 5.74) is 8.56. The third-order valence-electron chi connectivity index (χ3n) is 3.93. The van der Waals surface area contributed by atoms with E-state index in [1.807, 2.05) is 42.5 Å². The number of aliphatic hydroxyl groups is 1. The van der Waals surface area contributed by atoms with Crippen LogP contribution in [0.3, 0.4) is 0 Å². The third kappa shape index (κ3) is 4.12. The van der Waals surface area contributed by atoms with Crippen LogP contribution in [0.25, 0.3) is 0 Å². The molecule has 0 heterocycles. The Morgan fingerprint density at radius 1 is 0.800 bits per heavy atom.